The Balaban J connectivity index is 2.04. The molecule has 0 aliphatic heterocycles. The van der Waals surface area contributed by atoms with E-state index in [2.05, 4.69) is 20.9 Å². The Hall–Kier alpha value is -1.07. The fourth-order valence-corrected chi connectivity index (χ4v) is 2.42. The smallest absolute Gasteiger partial charge is 0.180 e. The first kappa shape index (κ1) is 11.4. The summed E-state index contributed by atoms with van der Waals surface area (Å²) in [6.45, 7) is 2.48. The van der Waals surface area contributed by atoms with Gasteiger partial charge in [-0.25, -0.2) is 4.98 Å². The van der Waals surface area contributed by atoms with Gasteiger partial charge in [-0.15, -0.1) is 11.3 Å². The van der Waals surface area contributed by atoms with Gasteiger partial charge in [0, 0.05) is 5.38 Å². The van der Waals surface area contributed by atoms with Crippen molar-refractivity contribution in [3.05, 3.63) is 39.3 Å². The molecule has 1 heterocycles. The third-order valence-corrected chi connectivity index (χ3v) is 3.37. The number of aryl methyl sites for hydroxylation is 1. The number of anilines is 1. The lowest BCUT2D eigenvalue weighted by molar-refractivity contribution is 0.300. The van der Waals surface area contributed by atoms with Crippen LogP contribution in [0.2, 0.25) is 0 Å². The number of nitrogen functional groups attached to an aromatic ring is 1. The normalized spacial score (nSPS) is 10.4. The van der Waals surface area contributed by atoms with Gasteiger partial charge >= 0.3 is 0 Å². The standard InChI is InChI=1S/C11H11BrN2OS/c1-7-2-3-10(9(12)4-7)15-5-8-6-16-11(13)14-8/h2-4,6H,5H2,1H3,(H2,13,14). The summed E-state index contributed by atoms with van der Waals surface area (Å²) in [7, 11) is 0. The lowest BCUT2D eigenvalue weighted by atomic mass is 10.2. The summed E-state index contributed by atoms with van der Waals surface area (Å²) in [5.41, 5.74) is 7.59. The predicted octanol–water partition coefficient (Wildman–Crippen LogP) is 3.38. The van der Waals surface area contributed by atoms with E-state index in [1.54, 1.807) is 0 Å². The molecule has 2 N–H and O–H groups in total. The van der Waals surface area contributed by atoms with Crippen LogP contribution in [0.1, 0.15) is 11.3 Å². The van der Waals surface area contributed by atoms with E-state index < -0.39 is 0 Å². The van der Waals surface area contributed by atoms with Crippen LogP contribution in [0.4, 0.5) is 5.13 Å². The molecule has 1 aromatic carbocycles. The summed E-state index contributed by atoms with van der Waals surface area (Å²) < 4.78 is 6.59. The topological polar surface area (TPSA) is 48.1 Å². The second-order valence-corrected chi connectivity index (χ2v) is 5.14. The van der Waals surface area contributed by atoms with Crippen LogP contribution in [-0.2, 0) is 6.61 Å². The van der Waals surface area contributed by atoms with Crippen molar-refractivity contribution in [2.24, 2.45) is 0 Å². The maximum absolute atomic E-state index is 5.63. The van der Waals surface area contributed by atoms with Gasteiger partial charge in [-0.3, -0.25) is 0 Å². The fraction of sp³-hybridized carbons (Fsp3) is 0.182. The zero-order valence-corrected chi connectivity index (χ0v) is 11.1. The monoisotopic (exact) mass is 298 g/mol. The molecule has 0 amide bonds. The van der Waals surface area contributed by atoms with Gasteiger partial charge in [-0.2, -0.15) is 0 Å². The molecule has 1 aromatic heterocycles. The van der Waals surface area contributed by atoms with Crippen LogP contribution in [-0.4, -0.2) is 4.98 Å². The van der Waals surface area contributed by atoms with E-state index in [4.69, 9.17) is 10.5 Å². The second-order valence-electron chi connectivity index (χ2n) is 3.40. The summed E-state index contributed by atoms with van der Waals surface area (Å²) in [6, 6.07) is 5.97. The molecule has 0 atom stereocenters. The van der Waals surface area contributed by atoms with Gasteiger partial charge < -0.3 is 10.5 Å². The summed E-state index contributed by atoms with van der Waals surface area (Å²) in [5.74, 6) is 0.817. The molecule has 2 aromatic rings. The maximum Gasteiger partial charge on any atom is 0.180 e. The highest BCUT2D eigenvalue weighted by Crippen LogP contribution is 2.26. The second kappa shape index (κ2) is 4.84. The first-order chi connectivity index (χ1) is 7.65. The van der Waals surface area contributed by atoms with Crippen molar-refractivity contribution in [2.45, 2.75) is 13.5 Å². The third kappa shape index (κ3) is 2.74. The van der Waals surface area contributed by atoms with Crippen molar-refractivity contribution in [3.8, 4) is 5.75 Å². The van der Waals surface area contributed by atoms with Crippen molar-refractivity contribution in [3.63, 3.8) is 0 Å². The van der Waals surface area contributed by atoms with E-state index in [1.165, 1.54) is 16.9 Å². The van der Waals surface area contributed by atoms with Crippen molar-refractivity contribution in [1.82, 2.24) is 4.98 Å². The molecule has 0 saturated carbocycles. The first-order valence-electron chi connectivity index (χ1n) is 4.74. The largest absolute Gasteiger partial charge is 0.486 e. The highest BCUT2D eigenvalue weighted by atomic mass is 79.9. The molecule has 0 aliphatic carbocycles. The number of hydrogen-bond donors (Lipinski definition) is 1. The lowest BCUT2D eigenvalue weighted by Gasteiger charge is -2.06. The quantitative estimate of drug-likeness (QED) is 0.945. The Morgan fingerprint density at radius 1 is 1.50 bits per heavy atom. The summed E-state index contributed by atoms with van der Waals surface area (Å²) in [6.07, 6.45) is 0. The summed E-state index contributed by atoms with van der Waals surface area (Å²) >= 11 is 4.88. The number of benzene rings is 1. The number of nitrogens with two attached hydrogens (primary N) is 1. The molecule has 3 nitrogen and oxygen atoms in total. The van der Waals surface area contributed by atoms with Gasteiger partial charge in [0.1, 0.15) is 12.4 Å². The van der Waals surface area contributed by atoms with Crippen molar-refractivity contribution in [1.29, 1.82) is 0 Å². The molecule has 0 aliphatic rings. The Morgan fingerprint density at radius 2 is 2.31 bits per heavy atom. The fourth-order valence-electron chi connectivity index (χ4n) is 1.26. The third-order valence-electron chi connectivity index (χ3n) is 2.03. The van der Waals surface area contributed by atoms with Crippen molar-refractivity contribution >= 4 is 32.4 Å². The van der Waals surface area contributed by atoms with Crippen LogP contribution >= 0.6 is 27.3 Å². The van der Waals surface area contributed by atoms with E-state index in [0.29, 0.717) is 11.7 Å². The van der Waals surface area contributed by atoms with Crippen LogP contribution in [0, 0.1) is 6.92 Å². The number of aromatic nitrogens is 1. The van der Waals surface area contributed by atoms with Gasteiger partial charge in [0.2, 0.25) is 0 Å². The van der Waals surface area contributed by atoms with Gasteiger partial charge in [-0.1, -0.05) is 6.07 Å². The number of ether oxygens (including phenoxy) is 1. The van der Waals surface area contributed by atoms with Crippen molar-refractivity contribution in [2.75, 3.05) is 5.73 Å². The average Bonchev–Trinajstić information content (AvgIpc) is 2.63. The highest BCUT2D eigenvalue weighted by Gasteiger charge is 2.03. The number of nitrogens with zero attached hydrogens (tertiary/aromatic N) is 1. The molecule has 0 bridgehead atoms. The van der Waals surface area contributed by atoms with Crippen LogP contribution in [0.15, 0.2) is 28.1 Å². The van der Waals surface area contributed by atoms with E-state index in [0.717, 1.165) is 15.9 Å². The van der Waals surface area contributed by atoms with E-state index >= 15 is 0 Å². The summed E-state index contributed by atoms with van der Waals surface area (Å²) in [4.78, 5) is 4.13. The van der Waals surface area contributed by atoms with Crippen LogP contribution in [0.25, 0.3) is 0 Å². The van der Waals surface area contributed by atoms with E-state index in [1.807, 2.05) is 30.5 Å². The van der Waals surface area contributed by atoms with Gasteiger partial charge in [0.15, 0.2) is 5.13 Å². The van der Waals surface area contributed by atoms with E-state index in [9.17, 15) is 0 Å². The lowest BCUT2D eigenvalue weighted by Crippen LogP contribution is -1.97. The van der Waals surface area contributed by atoms with Crippen LogP contribution < -0.4 is 10.5 Å². The minimum absolute atomic E-state index is 0.440. The Morgan fingerprint density at radius 3 is 2.94 bits per heavy atom. The summed E-state index contributed by atoms with van der Waals surface area (Å²) in [5, 5.41) is 2.47. The molecule has 0 spiro atoms. The molecule has 0 fully saturated rings. The zero-order valence-electron chi connectivity index (χ0n) is 8.74. The van der Waals surface area contributed by atoms with Gasteiger partial charge in [0.05, 0.1) is 10.2 Å². The molecule has 2 rings (SSSR count). The Labute approximate surface area is 106 Å². The first-order valence-corrected chi connectivity index (χ1v) is 6.41. The highest BCUT2D eigenvalue weighted by molar-refractivity contribution is 9.10. The molecule has 0 saturated heterocycles. The zero-order chi connectivity index (χ0) is 11.5. The maximum atomic E-state index is 5.63. The van der Waals surface area contributed by atoms with E-state index in [-0.39, 0.29) is 0 Å². The number of halogens is 1. The molecular weight excluding hydrogens is 288 g/mol. The van der Waals surface area contributed by atoms with Crippen LogP contribution in [0.5, 0.6) is 5.75 Å². The Kier molecular flexibility index (Phi) is 3.46. The molecule has 0 radical (unpaired) electrons. The SMILES string of the molecule is Cc1ccc(OCc2csc(N)n2)c(Br)c1. The molecule has 84 valence electrons. The number of hydrogen-bond acceptors (Lipinski definition) is 4. The number of thiazole rings is 1. The minimum atomic E-state index is 0.440. The predicted molar refractivity (Wildman–Crippen MR) is 69.7 cm³/mol. The average molecular weight is 299 g/mol. The minimum Gasteiger partial charge on any atom is -0.486 e. The molecule has 0 unspecified atom stereocenters. The van der Waals surface area contributed by atoms with Crippen molar-refractivity contribution < 1.29 is 4.74 Å². The van der Waals surface area contributed by atoms with Gasteiger partial charge in [0.25, 0.3) is 0 Å². The Bertz CT molecular complexity index is 498. The van der Waals surface area contributed by atoms with Crippen LogP contribution in [0.3, 0.4) is 0 Å². The molecule has 16 heavy (non-hydrogen) atoms. The number of rotatable bonds is 3. The molecule has 5 heteroatoms. The molecular formula is C11H11BrN2OS. The van der Waals surface area contributed by atoms with Gasteiger partial charge in [-0.05, 0) is 40.5 Å².